The van der Waals surface area contributed by atoms with Crippen molar-refractivity contribution in [3.8, 4) is 0 Å². The van der Waals surface area contributed by atoms with E-state index in [1.807, 2.05) is 19.1 Å². The van der Waals surface area contributed by atoms with Crippen LogP contribution >= 0.6 is 0 Å². The van der Waals surface area contributed by atoms with Gasteiger partial charge in [-0.1, -0.05) is 13.0 Å². The molecular weight excluding hydrogens is 188 g/mol. The Bertz CT molecular complexity index is 317. The number of likely N-dealkylation sites (N-methyl/N-ethyl adjacent to an activating group) is 1. The summed E-state index contributed by atoms with van der Waals surface area (Å²) >= 11 is 0. The summed E-state index contributed by atoms with van der Waals surface area (Å²) in [7, 11) is 0. The van der Waals surface area contributed by atoms with E-state index in [-0.39, 0.29) is 0 Å². The highest BCUT2D eigenvalue weighted by molar-refractivity contribution is 5.20. The maximum absolute atomic E-state index is 5.63. The fourth-order valence-electron chi connectivity index (χ4n) is 1.58. The zero-order chi connectivity index (χ0) is 11.3. The summed E-state index contributed by atoms with van der Waals surface area (Å²) in [5.74, 6) is 1.92. The molecule has 1 heterocycles. The van der Waals surface area contributed by atoms with Crippen LogP contribution in [0.2, 0.25) is 0 Å². The molecule has 0 bridgehead atoms. The molecule has 3 nitrogen and oxygen atoms in total. The molecule has 0 radical (unpaired) electrons. The molecule has 0 saturated heterocycles. The quantitative estimate of drug-likeness (QED) is 0.728. The average molecular weight is 208 g/mol. The predicted octanol–water partition coefficient (Wildman–Crippen LogP) is 2.05. The molecule has 84 valence electrons. The van der Waals surface area contributed by atoms with Gasteiger partial charge in [0.05, 0.1) is 6.54 Å². The van der Waals surface area contributed by atoms with Crippen LogP contribution in [0.5, 0.6) is 0 Å². The number of nitrogens with two attached hydrogens (primary N) is 1. The standard InChI is InChI=1S/C12H20N2O/c1-4-6-14(5-2)9-12-7-11(8-13)10(3)15-12/h4,7H,1,5-6,8-9,13H2,2-3H3. The normalized spacial score (nSPS) is 10.9. The summed E-state index contributed by atoms with van der Waals surface area (Å²) in [6.45, 7) is 11.1. The van der Waals surface area contributed by atoms with Gasteiger partial charge in [-0.05, 0) is 19.5 Å². The maximum atomic E-state index is 5.63. The van der Waals surface area contributed by atoms with E-state index in [1.165, 1.54) is 0 Å². The van der Waals surface area contributed by atoms with E-state index >= 15 is 0 Å². The molecule has 2 N–H and O–H groups in total. The largest absolute Gasteiger partial charge is 0.465 e. The summed E-state index contributed by atoms with van der Waals surface area (Å²) in [6, 6.07) is 2.04. The van der Waals surface area contributed by atoms with Gasteiger partial charge in [-0.2, -0.15) is 0 Å². The Morgan fingerprint density at radius 2 is 2.33 bits per heavy atom. The fourth-order valence-corrected chi connectivity index (χ4v) is 1.58. The number of hydrogen-bond acceptors (Lipinski definition) is 3. The highest BCUT2D eigenvalue weighted by atomic mass is 16.3. The molecule has 0 fully saturated rings. The molecule has 0 amide bonds. The van der Waals surface area contributed by atoms with Crippen molar-refractivity contribution in [1.82, 2.24) is 4.90 Å². The Labute approximate surface area is 91.6 Å². The van der Waals surface area contributed by atoms with E-state index in [0.29, 0.717) is 6.54 Å². The molecule has 0 aliphatic heterocycles. The van der Waals surface area contributed by atoms with Crippen molar-refractivity contribution >= 4 is 0 Å². The average Bonchev–Trinajstić information content (AvgIpc) is 2.58. The molecule has 0 unspecified atom stereocenters. The Morgan fingerprint density at radius 1 is 1.60 bits per heavy atom. The van der Waals surface area contributed by atoms with Crippen LogP contribution in [0.3, 0.4) is 0 Å². The van der Waals surface area contributed by atoms with Gasteiger partial charge in [0.25, 0.3) is 0 Å². The van der Waals surface area contributed by atoms with Gasteiger partial charge in [0, 0.05) is 18.7 Å². The highest BCUT2D eigenvalue weighted by Gasteiger charge is 2.08. The Morgan fingerprint density at radius 3 is 2.80 bits per heavy atom. The summed E-state index contributed by atoms with van der Waals surface area (Å²) in [6.07, 6.45) is 1.91. The Balaban J connectivity index is 2.66. The predicted molar refractivity (Wildman–Crippen MR) is 62.5 cm³/mol. The molecule has 0 saturated carbocycles. The first kappa shape index (κ1) is 12.0. The van der Waals surface area contributed by atoms with E-state index in [2.05, 4.69) is 18.4 Å². The molecule has 1 aromatic rings. The third-order valence-corrected chi connectivity index (χ3v) is 2.51. The Kier molecular flexibility index (Phi) is 4.59. The third kappa shape index (κ3) is 3.22. The van der Waals surface area contributed by atoms with Crippen LogP contribution in [-0.4, -0.2) is 18.0 Å². The lowest BCUT2D eigenvalue weighted by Gasteiger charge is -2.16. The van der Waals surface area contributed by atoms with Gasteiger partial charge in [0.2, 0.25) is 0 Å². The number of rotatable bonds is 6. The van der Waals surface area contributed by atoms with Gasteiger partial charge < -0.3 is 10.2 Å². The van der Waals surface area contributed by atoms with E-state index in [9.17, 15) is 0 Å². The molecule has 1 rings (SSSR count). The molecular formula is C12H20N2O. The monoisotopic (exact) mass is 208 g/mol. The van der Waals surface area contributed by atoms with Crippen molar-refractivity contribution in [2.24, 2.45) is 5.73 Å². The molecule has 1 aromatic heterocycles. The minimum Gasteiger partial charge on any atom is -0.465 e. The second kappa shape index (κ2) is 5.73. The fraction of sp³-hybridized carbons (Fsp3) is 0.500. The van der Waals surface area contributed by atoms with Gasteiger partial charge in [-0.25, -0.2) is 0 Å². The SMILES string of the molecule is C=CCN(CC)Cc1cc(CN)c(C)o1. The first-order valence-electron chi connectivity index (χ1n) is 5.32. The van der Waals surface area contributed by atoms with Crippen molar-refractivity contribution in [2.75, 3.05) is 13.1 Å². The lowest BCUT2D eigenvalue weighted by molar-refractivity contribution is 0.279. The van der Waals surface area contributed by atoms with E-state index in [4.69, 9.17) is 10.2 Å². The van der Waals surface area contributed by atoms with Crippen molar-refractivity contribution in [3.05, 3.63) is 35.8 Å². The molecule has 0 spiro atoms. The smallest absolute Gasteiger partial charge is 0.118 e. The maximum Gasteiger partial charge on any atom is 0.118 e. The molecule has 0 atom stereocenters. The van der Waals surface area contributed by atoms with Gasteiger partial charge in [-0.15, -0.1) is 6.58 Å². The lowest BCUT2D eigenvalue weighted by Crippen LogP contribution is -2.22. The van der Waals surface area contributed by atoms with Crippen molar-refractivity contribution in [3.63, 3.8) is 0 Å². The van der Waals surface area contributed by atoms with Crippen LogP contribution in [0.1, 0.15) is 24.0 Å². The van der Waals surface area contributed by atoms with Gasteiger partial charge in [-0.3, -0.25) is 4.90 Å². The number of nitrogens with zero attached hydrogens (tertiary/aromatic N) is 1. The Hall–Kier alpha value is -1.06. The number of aryl methyl sites for hydroxylation is 1. The van der Waals surface area contributed by atoms with Crippen LogP contribution in [0, 0.1) is 6.92 Å². The van der Waals surface area contributed by atoms with Crippen molar-refractivity contribution < 1.29 is 4.42 Å². The summed E-state index contributed by atoms with van der Waals surface area (Å²) < 4.78 is 5.63. The minimum atomic E-state index is 0.545. The van der Waals surface area contributed by atoms with Crippen LogP contribution in [-0.2, 0) is 13.1 Å². The van der Waals surface area contributed by atoms with Crippen LogP contribution in [0.15, 0.2) is 23.1 Å². The van der Waals surface area contributed by atoms with Crippen LogP contribution < -0.4 is 5.73 Å². The number of hydrogen-bond donors (Lipinski definition) is 1. The number of furan rings is 1. The highest BCUT2D eigenvalue weighted by Crippen LogP contribution is 2.15. The molecule has 0 aliphatic rings. The summed E-state index contributed by atoms with van der Waals surface area (Å²) in [5, 5.41) is 0. The summed E-state index contributed by atoms with van der Waals surface area (Å²) in [5.41, 5.74) is 6.69. The van der Waals surface area contributed by atoms with E-state index in [0.717, 1.165) is 36.7 Å². The first-order chi connectivity index (χ1) is 7.21. The zero-order valence-corrected chi connectivity index (χ0v) is 9.62. The molecule has 3 heteroatoms. The molecule has 0 aliphatic carbocycles. The minimum absolute atomic E-state index is 0.545. The zero-order valence-electron chi connectivity index (χ0n) is 9.62. The molecule has 15 heavy (non-hydrogen) atoms. The van der Waals surface area contributed by atoms with Gasteiger partial charge >= 0.3 is 0 Å². The van der Waals surface area contributed by atoms with Crippen LogP contribution in [0.25, 0.3) is 0 Å². The summed E-state index contributed by atoms with van der Waals surface area (Å²) in [4.78, 5) is 2.26. The second-order valence-corrected chi connectivity index (χ2v) is 3.61. The van der Waals surface area contributed by atoms with Gasteiger partial charge in [0.1, 0.15) is 11.5 Å². The first-order valence-corrected chi connectivity index (χ1v) is 5.32. The second-order valence-electron chi connectivity index (χ2n) is 3.61. The van der Waals surface area contributed by atoms with E-state index < -0.39 is 0 Å². The van der Waals surface area contributed by atoms with Crippen molar-refractivity contribution in [2.45, 2.75) is 26.9 Å². The van der Waals surface area contributed by atoms with Gasteiger partial charge in [0.15, 0.2) is 0 Å². The van der Waals surface area contributed by atoms with Crippen LogP contribution in [0.4, 0.5) is 0 Å². The van der Waals surface area contributed by atoms with Crippen molar-refractivity contribution in [1.29, 1.82) is 0 Å². The molecule has 0 aromatic carbocycles. The lowest BCUT2D eigenvalue weighted by atomic mass is 10.2. The topological polar surface area (TPSA) is 42.4 Å². The van der Waals surface area contributed by atoms with E-state index in [1.54, 1.807) is 0 Å². The third-order valence-electron chi connectivity index (χ3n) is 2.51.